The van der Waals surface area contributed by atoms with E-state index in [0.717, 1.165) is 0 Å². The maximum Gasteiger partial charge on any atom is 0.0840 e. The van der Waals surface area contributed by atoms with Gasteiger partial charge in [0.1, 0.15) is 0 Å². The molecule has 0 fully saturated rings. The molecule has 0 radical (unpaired) electrons. The van der Waals surface area contributed by atoms with Gasteiger partial charge >= 0.3 is 0 Å². The zero-order valence-corrected chi connectivity index (χ0v) is 7.26. The minimum absolute atomic E-state index is 0.226. The molecule has 62 valence electrons. The Kier molecular flexibility index (Phi) is 3.81. The van der Waals surface area contributed by atoms with Gasteiger partial charge in [-0.1, -0.05) is 5.64 Å². The van der Waals surface area contributed by atoms with E-state index in [-0.39, 0.29) is 5.60 Å². The second kappa shape index (κ2) is 3.88. The average molecular weight is 148 g/mol. The molecule has 0 aliphatic heterocycles. The van der Waals surface area contributed by atoms with Crippen LogP contribution < -0.4 is 5.64 Å². The Morgan fingerprint density at radius 2 is 1.70 bits per heavy atom. The number of nitrogens with one attached hydrogen (secondary N) is 1. The molecule has 0 aromatic rings. The number of hydrogen-bond donors (Lipinski definition) is 1. The van der Waals surface area contributed by atoms with Gasteiger partial charge in [0, 0.05) is 14.1 Å². The highest BCUT2D eigenvalue weighted by Gasteiger charge is 2.09. The van der Waals surface area contributed by atoms with Crippen LogP contribution in [0.2, 0.25) is 0 Å². The van der Waals surface area contributed by atoms with Crippen LogP contribution in [0.4, 0.5) is 0 Å². The largest absolute Gasteiger partial charge is 0.269 e. The first-order valence-electron chi connectivity index (χ1n) is 3.19. The summed E-state index contributed by atoms with van der Waals surface area (Å²) in [5.74, 6) is 0. The summed E-state index contributed by atoms with van der Waals surface area (Å²) in [5.41, 5.74) is 2.12. The maximum atomic E-state index is 5.03. The van der Waals surface area contributed by atoms with E-state index in [0.29, 0.717) is 0 Å². The summed E-state index contributed by atoms with van der Waals surface area (Å²) in [4.78, 5) is 9.81. The summed E-state index contributed by atoms with van der Waals surface area (Å²) >= 11 is 0. The lowest BCUT2D eigenvalue weighted by molar-refractivity contribution is -0.312. The lowest BCUT2D eigenvalue weighted by atomic mass is 10.2. The molecule has 0 aromatic carbocycles. The van der Waals surface area contributed by atoms with Crippen LogP contribution in [-0.4, -0.2) is 24.8 Å². The van der Waals surface area contributed by atoms with Gasteiger partial charge in [0.2, 0.25) is 0 Å². The van der Waals surface area contributed by atoms with Crippen LogP contribution in [0.5, 0.6) is 0 Å². The molecule has 0 atom stereocenters. The molecule has 0 aliphatic rings. The Bertz CT molecular complexity index is 88.2. The van der Waals surface area contributed by atoms with Crippen molar-refractivity contribution in [3.8, 4) is 0 Å². The maximum absolute atomic E-state index is 5.03. The summed E-state index contributed by atoms with van der Waals surface area (Å²) in [7, 11) is 3.53. The van der Waals surface area contributed by atoms with Crippen molar-refractivity contribution in [2.24, 2.45) is 0 Å². The quantitative estimate of drug-likeness (QED) is 0.598. The molecular formula is C6H16N2O2. The summed E-state index contributed by atoms with van der Waals surface area (Å²) in [5, 5.41) is 1.51. The van der Waals surface area contributed by atoms with Gasteiger partial charge in [-0.15, -0.1) is 0 Å². The highest BCUT2D eigenvalue weighted by Crippen LogP contribution is 2.02. The second-order valence-electron chi connectivity index (χ2n) is 3.20. The van der Waals surface area contributed by atoms with Crippen LogP contribution in [0.1, 0.15) is 20.8 Å². The zero-order valence-electron chi connectivity index (χ0n) is 7.26. The van der Waals surface area contributed by atoms with Crippen molar-refractivity contribution in [1.29, 1.82) is 0 Å². The van der Waals surface area contributed by atoms with Crippen molar-refractivity contribution in [2.75, 3.05) is 14.1 Å². The predicted octanol–water partition coefficient (Wildman–Crippen LogP) is 0.714. The van der Waals surface area contributed by atoms with Crippen molar-refractivity contribution >= 4 is 0 Å². The van der Waals surface area contributed by atoms with Crippen molar-refractivity contribution in [3.63, 3.8) is 0 Å². The van der Waals surface area contributed by atoms with Crippen LogP contribution in [-0.2, 0) is 9.78 Å². The van der Waals surface area contributed by atoms with Gasteiger partial charge in [0.25, 0.3) is 0 Å². The molecular weight excluding hydrogens is 132 g/mol. The van der Waals surface area contributed by atoms with Crippen LogP contribution >= 0.6 is 0 Å². The first-order valence-corrected chi connectivity index (χ1v) is 3.19. The van der Waals surface area contributed by atoms with Crippen molar-refractivity contribution in [1.82, 2.24) is 10.7 Å². The van der Waals surface area contributed by atoms with Crippen molar-refractivity contribution in [2.45, 2.75) is 26.4 Å². The fourth-order valence-corrected chi connectivity index (χ4v) is 0.218. The number of hydrogen-bond acceptors (Lipinski definition) is 4. The Morgan fingerprint density at radius 1 is 1.20 bits per heavy atom. The van der Waals surface area contributed by atoms with E-state index in [9.17, 15) is 0 Å². The molecule has 0 aromatic heterocycles. The third-order valence-electron chi connectivity index (χ3n) is 0.568. The number of nitrogens with zero attached hydrogens (tertiary/aromatic N) is 1. The van der Waals surface area contributed by atoms with Gasteiger partial charge in [-0.2, -0.15) is 10.0 Å². The first kappa shape index (κ1) is 9.84. The first-order chi connectivity index (χ1) is 4.42. The van der Waals surface area contributed by atoms with Crippen LogP contribution in [0.15, 0.2) is 0 Å². The number of hydroxylamine groups is 2. The SMILES string of the molecule is CN(C)ONOC(C)(C)C. The third-order valence-corrected chi connectivity index (χ3v) is 0.568. The van der Waals surface area contributed by atoms with E-state index < -0.39 is 0 Å². The van der Waals surface area contributed by atoms with Crippen molar-refractivity contribution < 1.29 is 9.78 Å². The molecule has 0 heterocycles. The van der Waals surface area contributed by atoms with E-state index in [1.807, 2.05) is 20.8 Å². The molecule has 0 saturated carbocycles. The third kappa shape index (κ3) is 7.84. The monoisotopic (exact) mass is 148 g/mol. The van der Waals surface area contributed by atoms with Gasteiger partial charge in [-0.25, -0.2) is 0 Å². The summed E-state index contributed by atoms with van der Waals surface area (Å²) in [6.45, 7) is 5.79. The Morgan fingerprint density at radius 3 is 2.00 bits per heavy atom. The molecule has 0 rings (SSSR count). The second-order valence-corrected chi connectivity index (χ2v) is 3.20. The standard InChI is InChI=1S/C6H16N2O2/c1-6(2,3)9-7-10-8(4)5/h7H,1-5H3. The minimum Gasteiger partial charge on any atom is -0.269 e. The van der Waals surface area contributed by atoms with E-state index in [1.54, 1.807) is 14.1 Å². The molecule has 0 bridgehead atoms. The van der Waals surface area contributed by atoms with Crippen LogP contribution in [0, 0.1) is 0 Å². The lowest BCUT2D eigenvalue weighted by Crippen LogP contribution is -2.33. The number of rotatable bonds is 3. The minimum atomic E-state index is -0.226. The van der Waals surface area contributed by atoms with Gasteiger partial charge in [-0.3, -0.25) is 4.84 Å². The fourth-order valence-electron chi connectivity index (χ4n) is 0.218. The van der Waals surface area contributed by atoms with Gasteiger partial charge in [0.05, 0.1) is 5.60 Å². The molecule has 0 amide bonds. The predicted molar refractivity (Wildman–Crippen MR) is 38.7 cm³/mol. The van der Waals surface area contributed by atoms with Gasteiger partial charge in [-0.05, 0) is 20.8 Å². The highest BCUT2D eigenvalue weighted by molar-refractivity contribution is 4.54. The Hall–Kier alpha value is -0.160. The smallest absolute Gasteiger partial charge is 0.0840 e. The Labute approximate surface area is 62.0 Å². The van der Waals surface area contributed by atoms with E-state index in [2.05, 4.69) is 5.64 Å². The topological polar surface area (TPSA) is 33.7 Å². The molecule has 4 nitrogen and oxygen atoms in total. The lowest BCUT2D eigenvalue weighted by Gasteiger charge is -2.19. The summed E-state index contributed by atoms with van der Waals surface area (Å²) < 4.78 is 0. The van der Waals surface area contributed by atoms with Crippen molar-refractivity contribution in [3.05, 3.63) is 0 Å². The molecule has 0 unspecified atom stereocenters. The normalized spacial score (nSPS) is 12.6. The van der Waals surface area contributed by atoms with E-state index >= 15 is 0 Å². The van der Waals surface area contributed by atoms with Gasteiger partial charge < -0.3 is 0 Å². The van der Waals surface area contributed by atoms with Crippen LogP contribution in [0.3, 0.4) is 0 Å². The van der Waals surface area contributed by atoms with Crippen LogP contribution in [0.25, 0.3) is 0 Å². The molecule has 0 saturated heterocycles. The molecule has 0 spiro atoms. The van der Waals surface area contributed by atoms with Gasteiger partial charge in [0.15, 0.2) is 0 Å². The molecule has 0 aliphatic carbocycles. The summed E-state index contributed by atoms with van der Waals surface area (Å²) in [6.07, 6.45) is 0. The molecule has 10 heavy (non-hydrogen) atoms. The fraction of sp³-hybridized carbons (Fsp3) is 1.00. The zero-order chi connectivity index (χ0) is 8.20. The molecule has 4 heteroatoms. The van der Waals surface area contributed by atoms with E-state index in [1.165, 1.54) is 5.06 Å². The average Bonchev–Trinajstić information content (AvgIpc) is 1.59. The molecule has 1 N–H and O–H groups in total. The van der Waals surface area contributed by atoms with E-state index in [4.69, 9.17) is 9.78 Å². The highest BCUT2D eigenvalue weighted by atomic mass is 17.0. The Balaban J connectivity index is 3.21. The summed E-state index contributed by atoms with van der Waals surface area (Å²) in [6, 6.07) is 0.